The number of rotatable bonds is 5. The van der Waals surface area contributed by atoms with Crippen molar-refractivity contribution in [2.45, 2.75) is 45.1 Å². The lowest BCUT2D eigenvalue weighted by Crippen LogP contribution is -2.40. The Bertz CT molecular complexity index is 461. The van der Waals surface area contributed by atoms with Crippen LogP contribution < -0.4 is 0 Å². The van der Waals surface area contributed by atoms with Crippen molar-refractivity contribution < 1.29 is 5.11 Å². The van der Waals surface area contributed by atoms with E-state index >= 15 is 0 Å². The molecule has 0 fully saturated rings. The molecule has 1 aliphatic rings. The predicted molar refractivity (Wildman–Crippen MR) is 79.2 cm³/mol. The Labute approximate surface area is 116 Å². The lowest BCUT2D eigenvalue weighted by molar-refractivity contribution is 0.199. The van der Waals surface area contributed by atoms with Gasteiger partial charge < -0.3 is 5.11 Å². The molecule has 2 rings (SSSR count). The van der Waals surface area contributed by atoms with Gasteiger partial charge in [-0.05, 0) is 55.5 Å². The van der Waals surface area contributed by atoms with Crippen LogP contribution in [-0.4, -0.2) is 29.1 Å². The van der Waals surface area contributed by atoms with Crippen LogP contribution in [0.25, 0.3) is 0 Å². The first-order valence-corrected chi connectivity index (χ1v) is 7.23. The van der Waals surface area contributed by atoms with Gasteiger partial charge in [0.1, 0.15) is 5.75 Å². The number of aromatic hydroxyl groups is 1. The van der Waals surface area contributed by atoms with Crippen LogP contribution in [-0.2, 0) is 12.8 Å². The number of phenolic OH excluding ortho intramolecular Hbond substituents is 1. The quantitative estimate of drug-likeness (QED) is 0.820. The van der Waals surface area contributed by atoms with Crippen LogP contribution in [0.15, 0.2) is 18.2 Å². The highest BCUT2D eigenvalue weighted by atomic mass is 16.3. The second-order valence-electron chi connectivity index (χ2n) is 5.38. The van der Waals surface area contributed by atoms with Crippen molar-refractivity contribution in [2.24, 2.45) is 0 Å². The highest BCUT2D eigenvalue weighted by molar-refractivity contribution is 5.37. The van der Waals surface area contributed by atoms with Crippen LogP contribution in [0.4, 0.5) is 0 Å². The average Bonchev–Trinajstić information content (AvgIpc) is 2.42. The largest absolute Gasteiger partial charge is 0.508 e. The fourth-order valence-electron chi connectivity index (χ4n) is 2.91. The molecule has 0 amide bonds. The molecule has 0 spiro atoms. The molecule has 1 N–H and O–H groups in total. The van der Waals surface area contributed by atoms with Gasteiger partial charge in [0.05, 0.1) is 6.54 Å². The first-order valence-electron chi connectivity index (χ1n) is 7.23. The van der Waals surface area contributed by atoms with Crippen molar-refractivity contribution in [1.29, 1.82) is 0 Å². The molecule has 0 heterocycles. The molecule has 0 aromatic heterocycles. The maximum absolute atomic E-state index is 9.61. The van der Waals surface area contributed by atoms with E-state index in [-0.39, 0.29) is 0 Å². The second kappa shape index (κ2) is 6.63. The number of hydrogen-bond donors (Lipinski definition) is 1. The van der Waals surface area contributed by atoms with Crippen LogP contribution in [0.3, 0.4) is 0 Å². The maximum Gasteiger partial charge on any atom is 0.115 e. The van der Waals surface area contributed by atoms with E-state index in [1.165, 1.54) is 30.4 Å². The summed E-state index contributed by atoms with van der Waals surface area (Å²) in [5, 5.41) is 9.61. The van der Waals surface area contributed by atoms with Crippen LogP contribution >= 0.6 is 0 Å². The minimum atomic E-state index is 0.372. The van der Waals surface area contributed by atoms with E-state index in [0.717, 1.165) is 25.9 Å². The maximum atomic E-state index is 9.61. The smallest absolute Gasteiger partial charge is 0.115 e. The molecular weight excluding hydrogens is 234 g/mol. The first-order chi connectivity index (χ1) is 9.24. The number of terminal acetylenes is 1. The number of fused-ring (bicyclic) bond motifs is 1. The molecule has 1 aromatic rings. The molecule has 0 aliphatic heterocycles. The number of phenols is 1. The third-order valence-corrected chi connectivity index (χ3v) is 4.00. The monoisotopic (exact) mass is 257 g/mol. The second-order valence-corrected chi connectivity index (χ2v) is 5.38. The number of nitrogens with zero attached hydrogens (tertiary/aromatic N) is 1. The molecule has 2 nitrogen and oxygen atoms in total. The van der Waals surface area contributed by atoms with Gasteiger partial charge in [0.15, 0.2) is 0 Å². The van der Waals surface area contributed by atoms with Crippen LogP contribution in [0, 0.1) is 12.3 Å². The third kappa shape index (κ3) is 3.52. The molecule has 2 heteroatoms. The zero-order valence-electron chi connectivity index (χ0n) is 11.7. The summed E-state index contributed by atoms with van der Waals surface area (Å²) >= 11 is 0. The molecule has 19 heavy (non-hydrogen) atoms. The molecule has 0 bridgehead atoms. The van der Waals surface area contributed by atoms with Gasteiger partial charge in [0.2, 0.25) is 0 Å². The Morgan fingerprint density at radius 3 is 3.00 bits per heavy atom. The summed E-state index contributed by atoms with van der Waals surface area (Å²) in [5.74, 6) is 3.16. The van der Waals surface area contributed by atoms with E-state index in [1.807, 2.05) is 6.07 Å². The minimum absolute atomic E-state index is 0.372. The highest BCUT2D eigenvalue weighted by Crippen LogP contribution is 2.27. The zero-order chi connectivity index (χ0) is 13.7. The van der Waals surface area contributed by atoms with Gasteiger partial charge in [-0.25, -0.2) is 0 Å². The van der Waals surface area contributed by atoms with Crippen molar-refractivity contribution in [2.75, 3.05) is 13.1 Å². The highest BCUT2D eigenvalue weighted by Gasteiger charge is 2.23. The van der Waals surface area contributed by atoms with Gasteiger partial charge in [-0.2, -0.15) is 0 Å². The van der Waals surface area contributed by atoms with Crippen LogP contribution in [0.1, 0.15) is 37.3 Å². The summed E-state index contributed by atoms with van der Waals surface area (Å²) in [6.07, 6.45) is 11.2. The van der Waals surface area contributed by atoms with Gasteiger partial charge in [0.25, 0.3) is 0 Å². The average molecular weight is 257 g/mol. The molecule has 0 saturated heterocycles. The summed E-state index contributed by atoms with van der Waals surface area (Å²) in [4.78, 5) is 2.43. The van der Waals surface area contributed by atoms with Crippen molar-refractivity contribution in [1.82, 2.24) is 4.90 Å². The standard InChI is InChI=1S/C17H23NO/c1-3-5-11-18(10-4-2)16-8-6-14-7-9-17(19)13-15(14)12-16/h2,7,9,13,16,19H,3,5-6,8,10-12H2,1H3. The zero-order valence-corrected chi connectivity index (χ0v) is 11.7. The SMILES string of the molecule is C#CCN(CCCC)C1CCc2ccc(O)cc2C1. The fourth-order valence-corrected chi connectivity index (χ4v) is 2.91. The van der Waals surface area contributed by atoms with E-state index in [0.29, 0.717) is 11.8 Å². The Morgan fingerprint density at radius 2 is 2.26 bits per heavy atom. The lowest BCUT2D eigenvalue weighted by Gasteiger charge is -2.34. The first kappa shape index (κ1) is 14.0. The van der Waals surface area contributed by atoms with E-state index in [1.54, 1.807) is 6.07 Å². The van der Waals surface area contributed by atoms with Gasteiger partial charge in [-0.1, -0.05) is 25.3 Å². The Kier molecular flexibility index (Phi) is 4.87. The minimum Gasteiger partial charge on any atom is -0.508 e. The van der Waals surface area contributed by atoms with Crippen molar-refractivity contribution in [3.05, 3.63) is 29.3 Å². The Hall–Kier alpha value is -1.46. The summed E-state index contributed by atoms with van der Waals surface area (Å²) in [5.41, 5.74) is 2.67. The summed E-state index contributed by atoms with van der Waals surface area (Å²) < 4.78 is 0. The van der Waals surface area contributed by atoms with Crippen LogP contribution in [0.2, 0.25) is 0 Å². The van der Waals surface area contributed by atoms with E-state index in [2.05, 4.69) is 23.8 Å². The van der Waals surface area contributed by atoms with Crippen molar-refractivity contribution in [3.63, 3.8) is 0 Å². The van der Waals surface area contributed by atoms with E-state index < -0.39 is 0 Å². The number of aryl methyl sites for hydroxylation is 1. The third-order valence-electron chi connectivity index (χ3n) is 4.00. The van der Waals surface area contributed by atoms with Crippen molar-refractivity contribution in [3.8, 4) is 18.1 Å². The predicted octanol–water partition coefficient (Wildman–Crippen LogP) is 2.98. The Morgan fingerprint density at radius 1 is 1.42 bits per heavy atom. The fraction of sp³-hybridized carbons (Fsp3) is 0.529. The Balaban J connectivity index is 2.08. The van der Waals surface area contributed by atoms with E-state index in [4.69, 9.17) is 6.42 Å². The van der Waals surface area contributed by atoms with Crippen LogP contribution in [0.5, 0.6) is 5.75 Å². The summed E-state index contributed by atoms with van der Waals surface area (Å²) in [6, 6.07) is 6.28. The number of unbranched alkanes of at least 4 members (excludes halogenated alkanes) is 1. The summed E-state index contributed by atoms with van der Waals surface area (Å²) in [7, 11) is 0. The molecule has 0 radical (unpaired) electrons. The number of hydrogen-bond acceptors (Lipinski definition) is 2. The lowest BCUT2D eigenvalue weighted by atomic mass is 9.87. The molecule has 0 saturated carbocycles. The normalized spacial score (nSPS) is 18.1. The van der Waals surface area contributed by atoms with Gasteiger partial charge in [-0.3, -0.25) is 4.90 Å². The molecule has 1 unspecified atom stereocenters. The van der Waals surface area contributed by atoms with Gasteiger partial charge in [-0.15, -0.1) is 6.42 Å². The summed E-state index contributed by atoms with van der Waals surface area (Å²) in [6.45, 7) is 4.03. The van der Waals surface area contributed by atoms with Gasteiger partial charge in [0, 0.05) is 6.04 Å². The van der Waals surface area contributed by atoms with Crippen molar-refractivity contribution >= 4 is 0 Å². The molecule has 1 aliphatic carbocycles. The van der Waals surface area contributed by atoms with Gasteiger partial charge >= 0.3 is 0 Å². The molecule has 102 valence electrons. The topological polar surface area (TPSA) is 23.5 Å². The molecule has 1 atom stereocenters. The molecular formula is C17H23NO. The number of benzene rings is 1. The molecule has 1 aromatic carbocycles. The van der Waals surface area contributed by atoms with E-state index in [9.17, 15) is 5.11 Å².